The SMILES string of the molecule is O=C1C=C2c3cc4c(cc3CC(=O)N3CCC[C@]23C1)OCO4. The summed E-state index contributed by atoms with van der Waals surface area (Å²) in [6.07, 6.45) is 4.33. The summed E-state index contributed by atoms with van der Waals surface area (Å²) in [6, 6.07) is 3.84. The van der Waals surface area contributed by atoms with E-state index < -0.39 is 5.54 Å². The number of nitrogens with zero attached hydrogens (tertiary/aromatic N) is 1. The fourth-order valence-corrected chi connectivity index (χ4v) is 4.40. The van der Waals surface area contributed by atoms with Crippen LogP contribution in [0, 0.1) is 0 Å². The zero-order valence-corrected chi connectivity index (χ0v) is 12.1. The van der Waals surface area contributed by atoms with Gasteiger partial charge < -0.3 is 14.4 Å². The molecule has 0 unspecified atom stereocenters. The molecule has 0 saturated carbocycles. The topological polar surface area (TPSA) is 55.8 Å². The molecule has 1 aromatic rings. The predicted octanol–water partition coefficient (Wildman–Crippen LogP) is 1.69. The second-order valence-electron chi connectivity index (χ2n) is 6.42. The smallest absolute Gasteiger partial charge is 0.231 e. The monoisotopic (exact) mass is 297 g/mol. The third-order valence-corrected chi connectivity index (χ3v) is 5.29. The minimum atomic E-state index is -0.423. The number of ether oxygens (including phenoxy) is 2. The molecule has 1 fully saturated rings. The number of carbonyl (C=O) groups excluding carboxylic acids is 2. The van der Waals surface area contributed by atoms with E-state index in [4.69, 9.17) is 9.47 Å². The van der Waals surface area contributed by atoms with Crippen LogP contribution < -0.4 is 9.47 Å². The van der Waals surface area contributed by atoms with E-state index in [-0.39, 0.29) is 18.5 Å². The normalized spacial score (nSPS) is 28.2. The highest BCUT2D eigenvalue weighted by molar-refractivity contribution is 6.08. The summed E-state index contributed by atoms with van der Waals surface area (Å²) in [5, 5.41) is 0. The van der Waals surface area contributed by atoms with Crippen molar-refractivity contribution in [3.05, 3.63) is 29.3 Å². The molecule has 3 aliphatic heterocycles. The molecule has 5 heteroatoms. The highest BCUT2D eigenvalue weighted by Crippen LogP contribution is 2.51. The summed E-state index contributed by atoms with van der Waals surface area (Å²) in [5.41, 5.74) is 2.48. The molecular formula is C17H15NO4. The molecule has 0 aromatic heterocycles. The summed E-state index contributed by atoms with van der Waals surface area (Å²) in [6.45, 7) is 0.950. The van der Waals surface area contributed by atoms with E-state index in [9.17, 15) is 9.59 Å². The van der Waals surface area contributed by atoms with Crippen LogP contribution in [0.25, 0.3) is 5.57 Å². The number of fused-ring (bicyclic) bond motifs is 3. The first kappa shape index (κ1) is 12.3. The van der Waals surface area contributed by atoms with Gasteiger partial charge in [0, 0.05) is 13.0 Å². The molecule has 22 heavy (non-hydrogen) atoms. The number of hydrogen-bond acceptors (Lipinski definition) is 4. The third-order valence-electron chi connectivity index (χ3n) is 5.29. The average Bonchev–Trinajstić information content (AvgIpc) is 3.16. The van der Waals surface area contributed by atoms with E-state index in [0.717, 1.165) is 36.1 Å². The van der Waals surface area contributed by atoms with Gasteiger partial charge in [0.15, 0.2) is 17.3 Å². The summed E-state index contributed by atoms with van der Waals surface area (Å²) < 4.78 is 10.9. The van der Waals surface area contributed by atoms with Gasteiger partial charge in [0.2, 0.25) is 12.7 Å². The number of benzene rings is 1. The van der Waals surface area contributed by atoms with Crippen LogP contribution in [0.2, 0.25) is 0 Å². The number of amides is 1. The van der Waals surface area contributed by atoms with Crippen LogP contribution in [-0.2, 0) is 16.0 Å². The van der Waals surface area contributed by atoms with Gasteiger partial charge in [-0.1, -0.05) is 0 Å². The standard InChI is InChI=1S/C17H15NO4/c19-11-6-13-12-7-15-14(21-9-22-15)4-10(12)5-16(20)18-3-1-2-17(13,18)8-11/h4,6-7H,1-3,5,8-9H2/t17-/m0/s1. The van der Waals surface area contributed by atoms with Crippen LogP contribution in [0.1, 0.15) is 30.4 Å². The Hall–Kier alpha value is -2.30. The van der Waals surface area contributed by atoms with Crippen molar-refractivity contribution in [2.45, 2.75) is 31.2 Å². The van der Waals surface area contributed by atoms with Gasteiger partial charge in [-0.15, -0.1) is 0 Å². The predicted molar refractivity (Wildman–Crippen MR) is 77.5 cm³/mol. The van der Waals surface area contributed by atoms with Crippen molar-refractivity contribution in [1.29, 1.82) is 0 Å². The van der Waals surface area contributed by atoms with Gasteiger partial charge in [-0.3, -0.25) is 9.59 Å². The molecule has 112 valence electrons. The van der Waals surface area contributed by atoms with E-state index in [0.29, 0.717) is 24.3 Å². The van der Waals surface area contributed by atoms with Crippen LogP contribution in [-0.4, -0.2) is 35.5 Å². The van der Waals surface area contributed by atoms with Gasteiger partial charge in [-0.05, 0) is 47.8 Å². The number of hydrogen-bond donors (Lipinski definition) is 0. The first-order valence-electron chi connectivity index (χ1n) is 7.66. The molecule has 1 spiro atoms. The zero-order valence-electron chi connectivity index (χ0n) is 12.1. The fraction of sp³-hybridized carbons (Fsp3) is 0.412. The molecule has 1 saturated heterocycles. The van der Waals surface area contributed by atoms with Gasteiger partial charge in [0.25, 0.3) is 0 Å². The molecule has 5 rings (SSSR count). The Kier molecular flexibility index (Phi) is 2.18. The Labute approximate surface area is 127 Å². The van der Waals surface area contributed by atoms with E-state index in [2.05, 4.69) is 0 Å². The molecule has 4 aliphatic rings. The van der Waals surface area contributed by atoms with Crippen LogP contribution in [0.4, 0.5) is 0 Å². The second-order valence-corrected chi connectivity index (χ2v) is 6.42. The van der Waals surface area contributed by atoms with Crippen LogP contribution in [0.3, 0.4) is 0 Å². The Morgan fingerprint density at radius 2 is 1.95 bits per heavy atom. The quantitative estimate of drug-likeness (QED) is 0.731. The van der Waals surface area contributed by atoms with Crippen molar-refractivity contribution < 1.29 is 19.1 Å². The number of carbonyl (C=O) groups is 2. The van der Waals surface area contributed by atoms with Crippen molar-refractivity contribution in [2.24, 2.45) is 0 Å². The van der Waals surface area contributed by atoms with Crippen LogP contribution >= 0.6 is 0 Å². The van der Waals surface area contributed by atoms with Crippen LogP contribution in [0.15, 0.2) is 18.2 Å². The minimum absolute atomic E-state index is 0.107. The van der Waals surface area contributed by atoms with Gasteiger partial charge >= 0.3 is 0 Å². The Balaban J connectivity index is 1.78. The first-order valence-corrected chi connectivity index (χ1v) is 7.66. The summed E-state index contributed by atoms with van der Waals surface area (Å²) in [5.74, 6) is 1.61. The molecule has 1 atom stereocenters. The molecule has 0 radical (unpaired) electrons. The Bertz CT molecular complexity index is 766. The fourth-order valence-electron chi connectivity index (χ4n) is 4.40. The van der Waals surface area contributed by atoms with E-state index >= 15 is 0 Å². The van der Waals surface area contributed by atoms with Crippen LogP contribution in [0.5, 0.6) is 11.5 Å². The minimum Gasteiger partial charge on any atom is -0.454 e. The lowest BCUT2D eigenvalue weighted by Crippen LogP contribution is -2.46. The number of ketones is 1. The maximum atomic E-state index is 12.7. The lowest BCUT2D eigenvalue weighted by atomic mass is 9.83. The van der Waals surface area contributed by atoms with Crippen molar-refractivity contribution >= 4 is 17.3 Å². The number of allylic oxidation sites excluding steroid dienone is 1. The maximum Gasteiger partial charge on any atom is 0.231 e. The molecule has 0 N–H and O–H groups in total. The van der Waals surface area contributed by atoms with E-state index in [1.807, 2.05) is 17.0 Å². The van der Waals surface area contributed by atoms with E-state index in [1.165, 1.54) is 0 Å². The van der Waals surface area contributed by atoms with Gasteiger partial charge in [-0.2, -0.15) is 0 Å². The summed E-state index contributed by atoms with van der Waals surface area (Å²) >= 11 is 0. The highest BCUT2D eigenvalue weighted by Gasteiger charge is 2.52. The molecule has 0 bridgehead atoms. The highest BCUT2D eigenvalue weighted by atomic mass is 16.7. The zero-order chi connectivity index (χ0) is 14.9. The lowest BCUT2D eigenvalue weighted by molar-refractivity contribution is -0.133. The lowest BCUT2D eigenvalue weighted by Gasteiger charge is -2.35. The largest absolute Gasteiger partial charge is 0.454 e. The summed E-state index contributed by atoms with van der Waals surface area (Å²) in [4.78, 5) is 26.8. The molecule has 1 amide bonds. The van der Waals surface area contributed by atoms with Crippen molar-refractivity contribution in [3.63, 3.8) is 0 Å². The van der Waals surface area contributed by atoms with Crippen molar-refractivity contribution in [3.8, 4) is 11.5 Å². The number of rotatable bonds is 0. The summed E-state index contributed by atoms with van der Waals surface area (Å²) in [7, 11) is 0. The first-order chi connectivity index (χ1) is 10.7. The molecule has 1 aromatic carbocycles. The Morgan fingerprint density at radius 3 is 2.82 bits per heavy atom. The average molecular weight is 297 g/mol. The van der Waals surface area contributed by atoms with Crippen molar-refractivity contribution in [1.82, 2.24) is 4.90 Å². The van der Waals surface area contributed by atoms with E-state index in [1.54, 1.807) is 6.08 Å². The van der Waals surface area contributed by atoms with Gasteiger partial charge in [0.05, 0.1) is 12.0 Å². The second kappa shape index (κ2) is 3.91. The van der Waals surface area contributed by atoms with Gasteiger partial charge in [0.1, 0.15) is 0 Å². The maximum absolute atomic E-state index is 12.7. The third kappa shape index (κ3) is 1.39. The molecular weight excluding hydrogens is 282 g/mol. The molecule has 5 nitrogen and oxygen atoms in total. The molecule has 1 aliphatic carbocycles. The van der Waals surface area contributed by atoms with Crippen molar-refractivity contribution in [2.75, 3.05) is 13.3 Å². The Morgan fingerprint density at radius 1 is 1.14 bits per heavy atom. The van der Waals surface area contributed by atoms with Gasteiger partial charge in [-0.25, -0.2) is 0 Å². The molecule has 3 heterocycles.